The van der Waals surface area contributed by atoms with E-state index in [0.29, 0.717) is 5.56 Å². The zero-order valence-electron chi connectivity index (χ0n) is 14.5. The van der Waals surface area contributed by atoms with Gasteiger partial charge in [0.2, 0.25) is 5.91 Å². The molecular formula is C20H15BrF3NOS. The maximum Gasteiger partial charge on any atom is 0.441 e. The summed E-state index contributed by atoms with van der Waals surface area (Å²) in [5.41, 5.74) is -1.82. The highest BCUT2D eigenvalue weighted by Crippen LogP contribution is 2.48. The first-order chi connectivity index (χ1) is 12.6. The first-order valence-corrected chi connectivity index (χ1v) is 10.1. The summed E-state index contributed by atoms with van der Waals surface area (Å²) in [5, 5.41) is 0.933. The molecule has 0 radical (unpaired) electrons. The smallest absolute Gasteiger partial charge is 0.279 e. The molecule has 4 rings (SSSR count). The highest BCUT2D eigenvalue weighted by molar-refractivity contribution is 9.10. The van der Waals surface area contributed by atoms with Gasteiger partial charge in [-0.3, -0.25) is 9.36 Å². The van der Waals surface area contributed by atoms with Crippen molar-refractivity contribution in [2.75, 3.05) is 5.75 Å². The predicted octanol–water partition coefficient (Wildman–Crippen LogP) is 6.54. The third-order valence-electron chi connectivity index (χ3n) is 5.16. The van der Waals surface area contributed by atoms with Gasteiger partial charge in [-0.15, -0.1) is 0 Å². The number of fused-ring (bicyclic) bond motifs is 5. The number of hydrogen-bond acceptors (Lipinski definition) is 2. The fourth-order valence-electron chi connectivity index (χ4n) is 3.84. The quantitative estimate of drug-likeness (QED) is 0.439. The summed E-state index contributed by atoms with van der Waals surface area (Å²) in [7, 11) is 0. The molecule has 0 unspecified atom stereocenters. The molecule has 7 heteroatoms. The summed E-state index contributed by atoms with van der Waals surface area (Å²) in [6.45, 7) is 3.55. The topological polar surface area (TPSA) is 22.0 Å². The third kappa shape index (κ3) is 2.83. The van der Waals surface area contributed by atoms with Gasteiger partial charge in [0.15, 0.2) is 0 Å². The number of aryl methyl sites for hydroxylation is 1. The van der Waals surface area contributed by atoms with Crippen LogP contribution in [0.2, 0.25) is 0 Å². The first kappa shape index (κ1) is 18.6. The van der Waals surface area contributed by atoms with Crippen molar-refractivity contribution in [2.45, 2.75) is 24.8 Å². The summed E-state index contributed by atoms with van der Waals surface area (Å²) in [5.74, 6) is -0.701. The molecule has 1 aliphatic rings. The molecule has 3 aromatic rings. The number of hydrogen-bond donors (Lipinski definition) is 0. The Bertz CT molecular complexity index is 1090. The molecule has 140 valence electrons. The van der Waals surface area contributed by atoms with E-state index >= 15 is 0 Å². The molecule has 0 amide bonds. The number of halogens is 4. The van der Waals surface area contributed by atoms with Gasteiger partial charge in [-0.05, 0) is 54.9 Å². The van der Waals surface area contributed by atoms with Gasteiger partial charge in [-0.2, -0.15) is 13.2 Å². The van der Waals surface area contributed by atoms with Crippen LogP contribution in [0.25, 0.3) is 22.2 Å². The Balaban J connectivity index is 2.03. The minimum Gasteiger partial charge on any atom is -0.279 e. The number of alkyl halides is 3. The lowest BCUT2D eigenvalue weighted by atomic mass is 9.77. The fourth-order valence-corrected chi connectivity index (χ4v) is 4.93. The number of aromatic nitrogens is 1. The SMILES string of the molecule is Cc1c2n(c3ccccc13)C(=O)[C@@](C)(CSC(F)(F)F)c1cc(Br)ccc1-2. The predicted molar refractivity (Wildman–Crippen MR) is 106 cm³/mol. The van der Waals surface area contributed by atoms with E-state index < -0.39 is 10.9 Å². The molecule has 1 atom stereocenters. The highest BCUT2D eigenvalue weighted by Gasteiger charge is 2.46. The van der Waals surface area contributed by atoms with Crippen LogP contribution < -0.4 is 0 Å². The molecule has 0 aliphatic carbocycles. The van der Waals surface area contributed by atoms with Crippen LogP contribution in [-0.4, -0.2) is 21.7 Å². The van der Waals surface area contributed by atoms with E-state index in [-0.39, 0.29) is 23.4 Å². The van der Waals surface area contributed by atoms with Crippen molar-refractivity contribution in [3.8, 4) is 11.3 Å². The van der Waals surface area contributed by atoms with Crippen LogP contribution in [0.5, 0.6) is 0 Å². The summed E-state index contributed by atoms with van der Waals surface area (Å²) in [6, 6.07) is 13.0. The van der Waals surface area contributed by atoms with Gasteiger partial charge < -0.3 is 0 Å². The molecule has 2 aromatic carbocycles. The molecule has 2 heterocycles. The lowest BCUT2D eigenvalue weighted by Gasteiger charge is -2.36. The zero-order chi connectivity index (χ0) is 19.6. The van der Waals surface area contributed by atoms with E-state index in [0.717, 1.165) is 32.2 Å². The molecule has 2 nitrogen and oxygen atoms in total. The van der Waals surface area contributed by atoms with Crippen molar-refractivity contribution in [3.05, 3.63) is 58.1 Å². The van der Waals surface area contributed by atoms with Crippen LogP contribution in [0.4, 0.5) is 13.2 Å². The molecule has 1 aliphatic heterocycles. The monoisotopic (exact) mass is 453 g/mol. The van der Waals surface area contributed by atoms with Gasteiger partial charge in [0.25, 0.3) is 0 Å². The van der Waals surface area contributed by atoms with Gasteiger partial charge >= 0.3 is 5.51 Å². The van der Waals surface area contributed by atoms with Crippen molar-refractivity contribution < 1.29 is 18.0 Å². The Kier molecular flexibility index (Phi) is 4.23. The summed E-state index contributed by atoms with van der Waals surface area (Å²) < 4.78 is 41.2. The van der Waals surface area contributed by atoms with E-state index in [1.165, 1.54) is 0 Å². The van der Waals surface area contributed by atoms with Crippen molar-refractivity contribution >= 4 is 44.5 Å². The lowest BCUT2D eigenvalue weighted by Crippen LogP contribution is -2.43. The largest absolute Gasteiger partial charge is 0.441 e. The second kappa shape index (κ2) is 6.14. The van der Waals surface area contributed by atoms with Gasteiger partial charge in [0.05, 0.1) is 16.6 Å². The number of carbonyl (C=O) groups is 1. The van der Waals surface area contributed by atoms with E-state index in [2.05, 4.69) is 15.9 Å². The average molecular weight is 454 g/mol. The van der Waals surface area contributed by atoms with Crippen LogP contribution in [-0.2, 0) is 5.41 Å². The molecule has 0 N–H and O–H groups in total. The second-order valence-electron chi connectivity index (χ2n) is 6.89. The average Bonchev–Trinajstić information content (AvgIpc) is 2.91. The normalized spacial score (nSPS) is 19.3. The number of nitrogens with zero attached hydrogens (tertiary/aromatic N) is 1. The third-order valence-corrected chi connectivity index (χ3v) is 6.70. The molecule has 0 saturated carbocycles. The van der Waals surface area contributed by atoms with Crippen molar-refractivity contribution in [1.29, 1.82) is 0 Å². The standard InChI is InChI=1S/C20H15BrF3NOS/c1-11-13-5-3-4-6-16(13)25-17(11)14-8-7-12(21)9-15(14)19(2,18(25)26)10-27-20(22,23)24/h3-9H,10H2,1-2H3/t19-/m0/s1. The molecule has 0 fully saturated rings. The van der Waals surface area contributed by atoms with Crippen LogP contribution >= 0.6 is 27.7 Å². The number of benzene rings is 2. The van der Waals surface area contributed by atoms with Crippen molar-refractivity contribution in [1.82, 2.24) is 4.57 Å². The number of rotatable bonds is 2. The molecule has 27 heavy (non-hydrogen) atoms. The van der Waals surface area contributed by atoms with E-state index in [1.807, 2.05) is 43.3 Å². The van der Waals surface area contributed by atoms with Crippen LogP contribution in [0.3, 0.4) is 0 Å². The minimum absolute atomic E-state index is 0.150. The molecule has 0 saturated heterocycles. The Morgan fingerprint density at radius 3 is 2.59 bits per heavy atom. The van der Waals surface area contributed by atoms with Crippen LogP contribution in [0, 0.1) is 6.92 Å². The number of para-hydroxylation sites is 1. The number of carbonyl (C=O) groups excluding carboxylic acids is 1. The van der Waals surface area contributed by atoms with Gasteiger partial charge in [0, 0.05) is 21.2 Å². The Morgan fingerprint density at radius 2 is 1.89 bits per heavy atom. The highest BCUT2D eigenvalue weighted by atomic mass is 79.9. The summed E-state index contributed by atoms with van der Waals surface area (Å²) in [4.78, 5) is 13.5. The molecule has 0 spiro atoms. The van der Waals surface area contributed by atoms with Gasteiger partial charge in [0.1, 0.15) is 0 Å². The number of thioether (sulfide) groups is 1. The lowest BCUT2D eigenvalue weighted by molar-refractivity contribution is -0.0329. The first-order valence-electron chi connectivity index (χ1n) is 8.29. The minimum atomic E-state index is -4.40. The Hall–Kier alpha value is -1.73. The van der Waals surface area contributed by atoms with Crippen LogP contribution in [0.1, 0.15) is 22.8 Å². The zero-order valence-corrected chi connectivity index (χ0v) is 16.9. The van der Waals surface area contributed by atoms with Gasteiger partial charge in [-0.1, -0.05) is 40.2 Å². The van der Waals surface area contributed by atoms with Gasteiger partial charge in [-0.25, -0.2) is 0 Å². The molecule has 1 aromatic heterocycles. The Labute approximate surface area is 166 Å². The summed E-state index contributed by atoms with van der Waals surface area (Å²) >= 11 is 3.25. The van der Waals surface area contributed by atoms with E-state index in [9.17, 15) is 18.0 Å². The molecular weight excluding hydrogens is 439 g/mol. The fraction of sp³-hybridized carbons (Fsp3) is 0.250. The second-order valence-corrected chi connectivity index (χ2v) is 8.84. The maximum atomic E-state index is 13.5. The van der Waals surface area contributed by atoms with Crippen molar-refractivity contribution in [2.24, 2.45) is 0 Å². The Morgan fingerprint density at radius 1 is 1.19 bits per heavy atom. The van der Waals surface area contributed by atoms with E-state index in [4.69, 9.17) is 0 Å². The van der Waals surface area contributed by atoms with E-state index in [1.54, 1.807) is 17.6 Å². The van der Waals surface area contributed by atoms with Crippen molar-refractivity contribution in [3.63, 3.8) is 0 Å². The molecule has 0 bridgehead atoms. The van der Waals surface area contributed by atoms with Crippen LogP contribution in [0.15, 0.2) is 46.9 Å². The summed E-state index contributed by atoms with van der Waals surface area (Å²) in [6.07, 6.45) is 0. The maximum absolute atomic E-state index is 13.5.